The topological polar surface area (TPSA) is 83.1 Å². The van der Waals surface area contributed by atoms with E-state index in [1.54, 1.807) is 17.5 Å². The fourth-order valence-corrected chi connectivity index (χ4v) is 2.76. The molecule has 6 nitrogen and oxygen atoms in total. The highest BCUT2D eigenvalue weighted by molar-refractivity contribution is 7.14. The molecule has 0 saturated carbocycles. The van der Waals surface area contributed by atoms with Gasteiger partial charge in [-0.05, 0) is 17.7 Å². The highest BCUT2D eigenvalue weighted by Gasteiger charge is 2.12. The van der Waals surface area contributed by atoms with Crippen LogP contribution in [-0.4, -0.2) is 16.9 Å². The summed E-state index contributed by atoms with van der Waals surface area (Å²) >= 11 is 1.19. The van der Waals surface area contributed by atoms with Gasteiger partial charge in [0.25, 0.3) is 5.91 Å². The van der Waals surface area contributed by atoms with Crippen molar-refractivity contribution in [2.24, 2.45) is 0 Å². The predicted molar refractivity (Wildman–Crippen MR) is 98.8 cm³/mol. The molecule has 1 aromatic heterocycles. The second-order valence-electron chi connectivity index (χ2n) is 5.15. The summed E-state index contributed by atoms with van der Waals surface area (Å²) in [6.07, 6.45) is 0. The Hall–Kier alpha value is -3.19. The van der Waals surface area contributed by atoms with Crippen LogP contribution in [0.1, 0.15) is 16.1 Å². The minimum atomic E-state index is -0.367. The van der Waals surface area contributed by atoms with Gasteiger partial charge < -0.3 is 10.6 Å². The molecule has 0 aliphatic heterocycles. The molecule has 0 atom stereocenters. The molecule has 0 aliphatic rings. The first-order valence-corrected chi connectivity index (χ1v) is 8.49. The van der Waals surface area contributed by atoms with E-state index in [0.29, 0.717) is 17.4 Å². The van der Waals surface area contributed by atoms with E-state index in [-0.39, 0.29) is 17.6 Å². The van der Waals surface area contributed by atoms with Gasteiger partial charge in [0.2, 0.25) is 0 Å². The van der Waals surface area contributed by atoms with Gasteiger partial charge in [-0.2, -0.15) is 0 Å². The van der Waals surface area contributed by atoms with Crippen molar-refractivity contribution in [2.75, 3.05) is 10.6 Å². The van der Waals surface area contributed by atoms with Crippen LogP contribution in [-0.2, 0) is 6.54 Å². The maximum absolute atomic E-state index is 12.1. The van der Waals surface area contributed by atoms with Gasteiger partial charge in [0.1, 0.15) is 5.69 Å². The number of rotatable bonds is 5. The summed E-state index contributed by atoms with van der Waals surface area (Å²) in [5.41, 5.74) is 1.95. The molecule has 0 radical (unpaired) electrons. The number of aromatic nitrogens is 1. The van der Waals surface area contributed by atoms with Crippen molar-refractivity contribution in [3.05, 3.63) is 77.3 Å². The third-order valence-corrected chi connectivity index (χ3v) is 4.04. The SMILES string of the molecule is O=C(NCc1ccccc1)Nc1nc(C(=O)Nc2ccccc2)cs1. The number of thiazole rings is 1. The summed E-state index contributed by atoms with van der Waals surface area (Å²) in [5, 5.41) is 10.1. The molecule has 0 fully saturated rings. The smallest absolute Gasteiger partial charge is 0.321 e. The minimum absolute atomic E-state index is 0.257. The van der Waals surface area contributed by atoms with Crippen LogP contribution in [0.25, 0.3) is 0 Å². The van der Waals surface area contributed by atoms with Crippen LogP contribution in [0, 0.1) is 0 Å². The number of carbonyl (C=O) groups is 2. The van der Waals surface area contributed by atoms with E-state index >= 15 is 0 Å². The van der Waals surface area contributed by atoms with Crippen LogP contribution in [0.2, 0.25) is 0 Å². The summed E-state index contributed by atoms with van der Waals surface area (Å²) in [5.74, 6) is -0.319. The van der Waals surface area contributed by atoms with Gasteiger partial charge in [0, 0.05) is 17.6 Å². The minimum Gasteiger partial charge on any atom is -0.334 e. The van der Waals surface area contributed by atoms with E-state index in [9.17, 15) is 9.59 Å². The number of hydrogen-bond acceptors (Lipinski definition) is 4. The van der Waals surface area contributed by atoms with Crippen molar-refractivity contribution >= 4 is 34.1 Å². The zero-order chi connectivity index (χ0) is 17.5. The molecule has 0 aliphatic carbocycles. The molecule has 3 aromatic rings. The number of anilines is 2. The fraction of sp³-hybridized carbons (Fsp3) is 0.0556. The Kier molecular flexibility index (Phi) is 5.38. The first kappa shape index (κ1) is 16.7. The Morgan fingerprint density at radius 2 is 1.60 bits per heavy atom. The van der Waals surface area contributed by atoms with Crippen LogP contribution in [0.15, 0.2) is 66.0 Å². The zero-order valence-electron chi connectivity index (χ0n) is 13.2. The first-order chi connectivity index (χ1) is 12.2. The van der Waals surface area contributed by atoms with Gasteiger partial charge >= 0.3 is 6.03 Å². The molecule has 3 N–H and O–H groups in total. The Morgan fingerprint density at radius 3 is 2.32 bits per heavy atom. The fourth-order valence-electron chi connectivity index (χ4n) is 2.07. The van der Waals surface area contributed by atoms with Gasteiger partial charge in [-0.25, -0.2) is 9.78 Å². The Balaban J connectivity index is 1.52. The Morgan fingerprint density at radius 1 is 0.920 bits per heavy atom. The van der Waals surface area contributed by atoms with Crippen molar-refractivity contribution < 1.29 is 9.59 Å². The third-order valence-electron chi connectivity index (χ3n) is 3.28. The molecule has 0 spiro atoms. The molecular formula is C18H16N4O2S. The molecule has 0 saturated heterocycles. The van der Waals surface area contributed by atoms with Crippen LogP contribution in [0.4, 0.5) is 15.6 Å². The Bertz CT molecular complexity index is 850. The lowest BCUT2D eigenvalue weighted by Gasteiger charge is -2.05. The summed E-state index contributed by atoms with van der Waals surface area (Å²) < 4.78 is 0. The molecule has 3 rings (SSSR count). The van der Waals surface area contributed by atoms with Crippen molar-refractivity contribution in [1.29, 1.82) is 0 Å². The average Bonchev–Trinajstić information content (AvgIpc) is 3.10. The van der Waals surface area contributed by atoms with Gasteiger partial charge in [0.05, 0.1) is 0 Å². The summed E-state index contributed by atoms with van der Waals surface area (Å²) in [7, 11) is 0. The van der Waals surface area contributed by atoms with E-state index in [1.807, 2.05) is 48.5 Å². The van der Waals surface area contributed by atoms with Crippen molar-refractivity contribution in [2.45, 2.75) is 6.54 Å². The zero-order valence-corrected chi connectivity index (χ0v) is 14.0. The summed E-state index contributed by atoms with van der Waals surface area (Å²) in [4.78, 5) is 28.2. The van der Waals surface area contributed by atoms with Crippen molar-refractivity contribution in [3.63, 3.8) is 0 Å². The van der Waals surface area contributed by atoms with Crippen molar-refractivity contribution in [3.8, 4) is 0 Å². The molecule has 0 bridgehead atoms. The monoisotopic (exact) mass is 352 g/mol. The molecule has 25 heavy (non-hydrogen) atoms. The highest BCUT2D eigenvalue weighted by atomic mass is 32.1. The average molecular weight is 352 g/mol. The first-order valence-electron chi connectivity index (χ1n) is 7.61. The standard InChI is InChI=1S/C18H16N4O2S/c23-16(20-14-9-5-2-6-10-14)15-12-25-18(21-15)22-17(24)19-11-13-7-3-1-4-8-13/h1-10,12H,11H2,(H,20,23)(H2,19,21,22,24). The van der Waals surface area contributed by atoms with Crippen LogP contribution in [0.5, 0.6) is 0 Å². The molecule has 0 unspecified atom stereocenters. The van der Waals surface area contributed by atoms with E-state index in [2.05, 4.69) is 20.9 Å². The highest BCUT2D eigenvalue weighted by Crippen LogP contribution is 2.16. The maximum atomic E-state index is 12.1. The normalized spacial score (nSPS) is 10.1. The number of carbonyl (C=O) groups excluding carboxylic acids is 2. The lowest BCUT2D eigenvalue weighted by Crippen LogP contribution is -2.28. The van der Waals surface area contributed by atoms with Crippen LogP contribution in [0.3, 0.4) is 0 Å². The van der Waals surface area contributed by atoms with Gasteiger partial charge in [-0.15, -0.1) is 11.3 Å². The number of hydrogen-bond donors (Lipinski definition) is 3. The largest absolute Gasteiger partial charge is 0.334 e. The van der Waals surface area contributed by atoms with E-state index in [0.717, 1.165) is 5.56 Å². The van der Waals surface area contributed by atoms with Gasteiger partial charge in [-0.1, -0.05) is 48.5 Å². The quantitative estimate of drug-likeness (QED) is 0.654. The van der Waals surface area contributed by atoms with E-state index in [4.69, 9.17) is 0 Å². The molecule has 1 heterocycles. The number of urea groups is 1. The number of nitrogens with zero attached hydrogens (tertiary/aromatic N) is 1. The van der Waals surface area contributed by atoms with E-state index < -0.39 is 0 Å². The number of para-hydroxylation sites is 1. The maximum Gasteiger partial charge on any atom is 0.321 e. The second-order valence-corrected chi connectivity index (χ2v) is 6.01. The van der Waals surface area contributed by atoms with Crippen LogP contribution < -0.4 is 16.0 Å². The van der Waals surface area contributed by atoms with Gasteiger partial charge in [0.15, 0.2) is 5.13 Å². The molecule has 2 aromatic carbocycles. The summed E-state index contributed by atoms with van der Waals surface area (Å²) in [6.45, 7) is 0.416. The molecular weight excluding hydrogens is 336 g/mol. The third kappa shape index (κ3) is 4.89. The second kappa shape index (κ2) is 8.07. The van der Waals surface area contributed by atoms with E-state index in [1.165, 1.54) is 11.3 Å². The van der Waals surface area contributed by atoms with Crippen molar-refractivity contribution in [1.82, 2.24) is 10.3 Å². The lowest BCUT2D eigenvalue weighted by molar-refractivity contribution is 0.102. The number of benzene rings is 2. The number of nitrogens with one attached hydrogen (secondary N) is 3. The predicted octanol–water partition coefficient (Wildman–Crippen LogP) is 3.72. The van der Waals surface area contributed by atoms with Gasteiger partial charge in [-0.3, -0.25) is 10.1 Å². The summed E-state index contributed by atoms with van der Waals surface area (Å²) in [6, 6.07) is 18.3. The molecule has 126 valence electrons. The lowest BCUT2D eigenvalue weighted by atomic mass is 10.2. The number of amides is 3. The Labute approximate surface area is 148 Å². The molecule has 7 heteroatoms. The van der Waals surface area contributed by atoms with Crippen LogP contribution >= 0.6 is 11.3 Å². The molecule has 3 amide bonds.